The lowest BCUT2D eigenvalue weighted by atomic mass is 10.2. The molecule has 0 saturated carbocycles. The second kappa shape index (κ2) is 11.4. The molecule has 8 nitrogen and oxygen atoms in total. The highest BCUT2D eigenvalue weighted by Gasteiger charge is 2.23. The molecule has 39 heavy (non-hydrogen) atoms. The smallest absolute Gasteiger partial charge is 0.264 e. The molecule has 3 aromatic carbocycles. The zero-order valence-corrected chi connectivity index (χ0v) is 23.2. The number of halogens is 2. The maximum Gasteiger partial charge on any atom is 0.264 e. The largest absolute Gasteiger partial charge is 0.508 e. The Bertz CT molecular complexity index is 1600. The Balaban J connectivity index is 1.24. The Morgan fingerprint density at radius 3 is 2.51 bits per heavy atom. The van der Waals surface area contributed by atoms with Gasteiger partial charge in [0.25, 0.3) is 15.9 Å². The molecular formula is C28H26Cl2N4O4S. The molecular weight excluding hydrogens is 559 g/mol. The fraction of sp³-hybridized carbons (Fsp3) is 0.214. The number of sulfonamides is 1. The second-order valence-corrected chi connectivity index (χ2v) is 11.8. The normalized spacial score (nSPS) is 14.8. The number of phenolic OH excluding ortho intramolecular Hbond substituents is 1. The van der Waals surface area contributed by atoms with Crippen molar-refractivity contribution in [2.45, 2.75) is 17.9 Å². The lowest BCUT2D eigenvalue weighted by Crippen LogP contribution is -2.35. The van der Waals surface area contributed by atoms with Crippen LogP contribution in [-0.2, 0) is 16.6 Å². The number of amides is 1. The van der Waals surface area contributed by atoms with Gasteiger partial charge in [0.05, 0.1) is 10.5 Å². The molecule has 1 aliphatic rings. The summed E-state index contributed by atoms with van der Waals surface area (Å²) < 4.78 is 28.7. The summed E-state index contributed by atoms with van der Waals surface area (Å²) in [7, 11) is -3.89. The highest BCUT2D eigenvalue weighted by molar-refractivity contribution is 7.93. The highest BCUT2D eigenvalue weighted by Crippen LogP contribution is 2.31. The van der Waals surface area contributed by atoms with Crippen molar-refractivity contribution in [3.8, 4) is 5.75 Å². The molecule has 11 heteroatoms. The van der Waals surface area contributed by atoms with Gasteiger partial charge in [0.15, 0.2) is 0 Å². The molecule has 2 N–H and O–H groups in total. The Labute approximate surface area is 236 Å². The van der Waals surface area contributed by atoms with Gasteiger partial charge in [0.2, 0.25) is 0 Å². The quantitative estimate of drug-likeness (QED) is 0.315. The number of para-hydroxylation sites is 1. The Morgan fingerprint density at radius 2 is 1.74 bits per heavy atom. The molecule has 0 aliphatic carbocycles. The number of nitrogens with one attached hydrogen (secondary N) is 1. The number of rotatable bonds is 6. The van der Waals surface area contributed by atoms with Gasteiger partial charge in [-0.1, -0.05) is 41.4 Å². The van der Waals surface area contributed by atoms with E-state index in [1.807, 2.05) is 0 Å². The van der Waals surface area contributed by atoms with E-state index in [2.05, 4.69) is 14.6 Å². The molecule has 0 spiro atoms. The lowest BCUT2D eigenvalue weighted by Gasteiger charge is -2.23. The van der Waals surface area contributed by atoms with Crippen molar-refractivity contribution in [3.05, 3.63) is 94.1 Å². The number of nitrogens with zero attached hydrogens (tertiary/aromatic N) is 3. The van der Waals surface area contributed by atoms with Crippen LogP contribution < -0.4 is 4.72 Å². The number of anilines is 1. The molecule has 1 saturated heterocycles. The molecule has 0 bridgehead atoms. The molecule has 0 atom stereocenters. The van der Waals surface area contributed by atoms with Crippen molar-refractivity contribution in [3.63, 3.8) is 0 Å². The van der Waals surface area contributed by atoms with Gasteiger partial charge in [-0.05, 0) is 55.0 Å². The Morgan fingerprint density at radius 1 is 0.974 bits per heavy atom. The van der Waals surface area contributed by atoms with Crippen molar-refractivity contribution < 1.29 is 18.3 Å². The fourth-order valence-corrected chi connectivity index (χ4v) is 6.45. The first-order valence-corrected chi connectivity index (χ1v) is 14.6. The number of aromatic nitrogens is 1. The van der Waals surface area contributed by atoms with Crippen molar-refractivity contribution >= 4 is 55.7 Å². The minimum Gasteiger partial charge on any atom is -0.508 e. The molecule has 4 aromatic rings. The first-order valence-electron chi connectivity index (χ1n) is 12.4. The number of pyridine rings is 1. The maximum atomic E-state index is 13.2. The zero-order valence-electron chi connectivity index (χ0n) is 20.8. The summed E-state index contributed by atoms with van der Waals surface area (Å²) in [6.07, 6.45) is 2.31. The van der Waals surface area contributed by atoms with Gasteiger partial charge in [-0.2, -0.15) is 0 Å². The van der Waals surface area contributed by atoms with E-state index in [9.17, 15) is 18.3 Å². The van der Waals surface area contributed by atoms with E-state index >= 15 is 0 Å². The standard InChI is InChI=1S/C28H26Cl2N4O4S/c29-21-16-24(30)23(25(35)17-21)18-33-12-3-13-34(15-14-33)28(36)20-7-9-22(10-8-20)32-39(37,38)26-6-1-4-19-5-2-11-31-27(19)26/h1-2,4-11,16-17,32,35H,3,12-15,18H2. The average Bonchev–Trinajstić information content (AvgIpc) is 3.16. The van der Waals surface area contributed by atoms with E-state index < -0.39 is 10.0 Å². The predicted molar refractivity (Wildman–Crippen MR) is 153 cm³/mol. The van der Waals surface area contributed by atoms with Gasteiger partial charge >= 0.3 is 0 Å². The molecule has 202 valence electrons. The van der Waals surface area contributed by atoms with Crippen LogP contribution in [0.3, 0.4) is 0 Å². The van der Waals surface area contributed by atoms with E-state index in [4.69, 9.17) is 23.2 Å². The van der Waals surface area contributed by atoms with Crippen molar-refractivity contribution in [1.82, 2.24) is 14.8 Å². The van der Waals surface area contributed by atoms with Crippen LogP contribution in [0.15, 0.2) is 77.8 Å². The van der Waals surface area contributed by atoms with Gasteiger partial charge < -0.3 is 10.0 Å². The van der Waals surface area contributed by atoms with Crippen LogP contribution in [0.2, 0.25) is 10.0 Å². The van der Waals surface area contributed by atoms with Crippen LogP contribution in [-0.4, -0.2) is 60.4 Å². The van der Waals surface area contributed by atoms with E-state index in [1.165, 1.54) is 12.1 Å². The molecule has 0 unspecified atom stereocenters. The lowest BCUT2D eigenvalue weighted by molar-refractivity contribution is 0.0761. The van der Waals surface area contributed by atoms with Crippen LogP contribution in [0.5, 0.6) is 5.75 Å². The summed E-state index contributed by atoms with van der Waals surface area (Å²) >= 11 is 12.2. The van der Waals surface area contributed by atoms with Gasteiger partial charge in [0, 0.05) is 66.1 Å². The summed E-state index contributed by atoms with van der Waals surface area (Å²) in [5, 5.41) is 11.8. The van der Waals surface area contributed by atoms with Gasteiger partial charge in [0.1, 0.15) is 10.6 Å². The number of carbonyl (C=O) groups is 1. The number of hydrogen-bond acceptors (Lipinski definition) is 6. The Hall–Kier alpha value is -3.37. The molecule has 1 aromatic heterocycles. The van der Waals surface area contributed by atoms with Crippen LogP contribution >= 0.6 is 23.2 Å². The summed E-state index contributed by atoms with van der Waals surface area (Å²) in [5.74, 6) is -0.0750. The SMILES string of the molecule is O=C(c1ccc(NS(=O)(=O)c2cccc3cccnc23)cc1)N1CCCN(Cc2c(O)cc(Cl)cc2Cl)CC1. The minimum atomic E-state index is -3.89. The van der Waals surface area contributed by atoms with E-state index in [0.29, 0.717) is 58.6 Å². The zero-order chi connectivity index (χ0) is 27.6. The molecule has 0 radical (unpaired) electrons. The number of aromatic hydroxyl groups is 1. The summed E-state index contributed by atoms with van der Waals surface area (Å²) in [4.78, 5) is 21.5. The number of carbonyl (C=O) groups excluding carboxylic acids is 1. The monoisotopic (exact) mass is 584 g/mol. The van der Waals surface area contributed by atoms with Crippen LogP contribution in [0.4, 0.5) is 5.69 Å². The number of hydrogen-bond donors (Lipinski definition) is 2. The van der Waals surface area contributed by atoms with Crippen LogP contribution in [0, 0.1) is 0 Å². The second-order valence-electron chi connectivity index (χ2n) is 9.32. The van der Waals surface area contributed by atoms with Gasteiger partial charge in [-0.15, -0.1) is 0 Å². The topological polar surface area (TPSA) is 103 Å². The maximum absolute atomic E-state index is 13.2. The van der Waals surface area contributed by atoms with Crippen LogP contribution in [0.1, 0.15) is 22.3 Å². The van der Waals surface area contributed by atoms with Gasteiger partial charge in [-0.3, -0.25) is 19.4 Å². The van der Waals surface area contributed by atoms with Crippen molar-refractivity contribution in [2.24, 2.45) is 0 Å². The Kier molecular flexibility index (Phi) is 7.95. The summed E-state index contributed by atoms with van der Waals surface area (Å²) in [6.45, 7) is 2.89. The summed E-state index contributed by atoms with van der Waals surface area (Å²) in [6, 6.07) is 18.0. The third-order valence-electron chi connectivity index (χ3n) is 6.66. The molecule has 2 heterocycles. The number of fused-ring (bicyclic) bond motifs is 1. The predicted octanol–water partition coefficient (Wildman–Crippen LogP) is 5.40. The van der Waals surface area contributed by atoms with Crippen LogP contribution in [0.25, 0.3) is 10.9 Å². The molecule has 1 fully saturated rings. The third kappa shape index (κ3) is 6.12. The fourth-order valence-electron chi connectivity index (χ4n) is 4.67. The van der Waals surface area contributed by atoms with E-state index in [-0.39, 0.29) is 16.6 Å². The number of benzene rings is 3. The highest BCUT2D eigenvalue weighted by atomic mass is 35.5. The van der Waals surface area contributed by atoms with E-state index in [1.54, 1.807) is 65.7 Å². The molecule has 1 amide bonds. The summed E-state index contributed by atoms with van der Waals surface area (Å²) in [5.41, 5.74) is 1.82. The first kappa shape index (κ1) is 27.2. The van der Waals surface area contributed by atoms with Crippen molar-refractivity contribution in [1.29, 1.82) is 0 Å². The van der Waals surface area contributed by atoms with Crippen molar-refractivity contribution in [2.75, 3.05) is 30.9 Å². The van der Waals surface area contributed by atoms with Gasteiger partial charge in [-0.25, -0.2) is 8.42 Å². The molecule has 5 rings (SSSR count). The third-order valence-corrected chi connectivity index (χ3v) is 8.63. The minimum absolute atomic E-state index is 0.0529. The first-order chi connectivity index (χ1) is 18.7. The number of phenols is 1. The molecule has 1 aliphatic heterocycles. The average molecular weight is 586 g/mol. The van der Waals surface area contributed by atoms with E-state index in [0.717, 1.165) is 18.4 Å².